The Morgan fingerprint density at radius 3 is 1.01 bits per heavy atom. The summed E-state index contributed by atoms with van der Waals surface area (Å²) in [6.07, 6.45) is 88.7. The van der Waals surface area contributed by atoms with Gasteiger partial charge in [-0.3, -0.25) is 4.79 Å². The number of hydrogen-bond donors (Lipinski definition) is 3. The number of unbranched alkanes of at least 4 members (excludes halogenated alkanes) is 33. The van der Waals surface area contributed by atoms with Crippen molar-refractivity contribution in [2.75, 3.05) is 6.61 Å². The van der Waals surface area contributed by atoms with Gasteiger partial charge in [-0.2, -0.15) is 0 Å². The van der Waals surface area contributed by atoms with Crippen molar-refractivity contribution >= 4 is 5.91 Å². The van der Waals surface area contributed by atoms with E-state index >= 15 is 0 Å². The molecule has 0 aliphatic heterocycles. The molecule has 0 saturated heterocycles. The molecule has 0 radical (unpaired) electrons. The number of nitrogens with one attached hydrogen (secondary N) is 1. The Balaban J connectivity index is 3.58. The predicted octanol–water partition coefficient (Wildman–Crippen LogP) is 20.1. The van der Waals surface area contributed by atoms with Gasteiger partial charge in [0, 0.05) is 6.42 Å². The van der Waals surface area contributed by atoms with Crippen LogP contribution >= 0.6 is 0 Å². The molecule has 0 heterocycles. The number of amides is 1. The highest BCUT2D eigenvalue weighted by Crippen LogP contribution is 2.16. The zero-order chi connectivity index (χ0) is 49.9. The summed E-state index contributed by atoms with van der Waals surface area (Å²) in [5, 5.41) is 23.2. The molecule has 3 N–H and O–H groups in total. The average molecular weight is 959 g/mol. The van der Waals surface area contributed by atoms with Crippen LogP contribution in [0.1, 0.15) is 290 Å². The summed E-state index contributed by atoms with van der Waals surface area (Å²) < 4.78 is 0. The molecule has 1 amide bonds. The first-order chi connectivity index (χ1) is 34.2. The van der Waals surface area contributed by atoms with Gasteiger partial charge in [0.1, 0.15) is 0 Å². The Kier molecular flexibility index (Phi) is 57.3. The number of carbonyl (C=O) groups is 1. The third kappa shape index (κ3) is 56.1. The second-order valence-electron chi connectivity index (χ2n) is 20.0. The Bertz CT molecular complexity index is 1270. The van der Waals surface area contributed by atoms with Crippen molar-refractivity contribution in [3.05, 3.63) is 97.2 Å². The van der Waals surface area contributed by atoms with Gasteiger partial charge in [0.25, 0.3) is 0 Å². The summed E-state index contributed by atoms with van der Waals surface area (Å²) >= 11 is 0. The molecule has 0 bridgehead atoms. The fourth-order valence-corrected chi connectivity index (χ4v) is 8.77. The molecule has 398 valence electrons. The summed E-state index contributed by atoms with van der Waals surface area (Å²) in [5.74, 6) is -0.0828. The smallest absolute Gasteiger partial charge is 0.220 e. The lowest BCUT2D eigenvalue weighted by molar-refractivity contribution is -0.123. The van der Waals surface area contributed by atoms with Crippen LogP contribution in [0, 0.1) is 0 Å². The van der Waals surface area contributed by atoms with Crippen molar-refractivity contribution in [2.24, 2.45) is 0 Å². The maximum Gasteiger partial charge on any atom is 0.220 e. The molecule has 0 aliphatic rings. The van der Waals surface area contributed by atoms with Gasteiger partial charge < -0.3 is 15.5 Å². The van der Waals surface area contributed by atoms with Crippen molar-refractivity contribution in [2.45, 2.75) is 302 Å². The quantitative estimate of drug-likeness (QED) is 0.0420. The lowest BCUT2D eigenvalue weighted by atomic mass is 10.0. The third-order valence-electron chi connectivity index (χ3n) is 13.3. The maximum atomic E-state index is 12.5. The highest BCUT2D eigenvalue weighted by atomic mass is 16.3. The fraction of sp³-hybridized carbons (Fsp3) is 0.738. The number of hydrogen-bond acceptors (Lipinski definition) is 3. The average Bonchev–Trinajstić information content (AvgIpc) is 3.35. The highest BCUT2D eigenvalue weighted by molar-refractivity contribution is 5.76. The molecule has 0 aromatic heterocycles. The molecule has 4 nitrogen and oxygen atoms in total. The summed E-state index contributed by atoms with van der Waals surface area (Å²) in [6.45, 7) is 4.20. The van der Waals surface area contributed by atoms with Crippen LogP contribution in [-0.4, -0.2) is 34.9 Å². The van der Waals surface area contributed by atoms with Gasteiger partial charge in [-0.1, -0.05) is 291 Å². The first kappa shape index (κ1) is 66.3. The zero-order valence-corrected chi connectivity index (χ0v) is 45.8. The summed E-state index contributed by atoms with van der Waals surface area (Å²) in [6, 6.07) is -0.655. The number of aliphatic hydroxyl groups is 2. The van der Waals surface area contributed by atoms with E-state index in [0.29, 0.717) is 6.42 Å². The largest absolute Gasteiger partial charge is 0.394 e. The number of allylic oxidation sites excluding steroid dienone is 15. The van der Waals surface area contributed by atoms with Crippen molar-refractivity contribution in [1.82, 2.24) is 5.32 Å². The van der Waals surface area contributed by atoms with Crippen LogP contribution < -0.4 is 5.32 Å². The first-order valence-electron chi connectivity index (χ1n) is 30.0. The highest BCUT2D eigenvalue weighted by Gasteiger charge is 2.18. The lowest BCUT2D eigenvalue weighted by Gasteiger charge is -2.19. The van der Waals surface area contributed by atoms with Crippen molar-refractivity contribution in [3.8, 4) is 0 Å². The molecule has 0 spiro atoms. The van der Waals surface area contributed by atoms with E-state index in [0.717, 1.165) is 70.6 Å². The SMILES string of the molecule is CC/C=C\C/C=C\C/C=C\C/C=C\C/C=C\CCCCCCCCCCCCCC(=O)NC(CO)C(O)/C=C/CC/C=C/CC/C=C/CCCCCCCCCCCCCCCCCCCCCC. The lowest BCUT2D eigenvalue weighted by Crippen LogP contribution is -2.45. The van der Waals surface area contributed by atoms with E-state index < -0.39 is 12.1 Å². The second-order valence-corrected chi connectivity index (χ2v) is 20.0. The molecule has 2 unspecified atom stereocenters. The minimum Gasteiger partial charge on any atom is -0.394 e. The van der Waals surface area contributed by atoms with Crippen molar-refractivity contribution in [1.29, 1.82) is 0 Å². The molecule has 2 atom stereocenters. The van der Waals surface area contributed by atoms with E-state index in [4.69, 9.17) is 0 Å². The van der Waals surface area contributed by atoms with Crippen LogP contribution in [0.5, 0.6) is 0 Å². The van der Waals surface area contributed by atoms with Crippen LogP contribution in [0.2, 0.25) is 0 Å². The summed E-state index contributed by atoms with van der Waals surface area (Å²) in [4.78, 5) is 12.5. The normalized spacial score (nSPS) is 13.5. The molecule has 4 heteroatoms. The van der Waals surface area contributed by atoms with Gasteiger partial charge in [0.2, 0.25) is 5.91 Å². The van der Waals surface area contributed by atoms with Crippen LogP contribution in [0.15, 0.2) is 97.2 Å². The molecule has 0 aliphatic carbocycles. The van der Waals surface area contributed by atoms with Gasteiger partial charge in [-0.25, -0.2) is 0 Å². The van der Waals surface area contributed by atoms with E-state index in [2.05, 4.69) is 104 Å². The van der Waals surface area contributed by atoms with E-state index in [1.807, 2.05) is 6.08 Å². The van der Waals surface area contributed by atoms with Crippen LogP contribution in [0.25, 0.3) is 0 Å². The molecular weight excluding hydrogens is 843 g/mol. The van der Waals surface area contributed by atoms with Crippen molar-refractivity contribution < 1.29 is 15.0 Å². The van der Waals surface area contributed by atoms with Gasteiger partial charge in [0.15, 0.2) is 0 Å². The van der Waals surface area contributed by atoms with E-state index in [9.17, 15) is 15.0 Å². The fourth-order valence-electron chi connectivity index (χ4n) is 8.77. The Morgan fingerprint density at radius 1 is 0.362 bits per heavy atom. The number of aliphatic hydroxyl groups excluding tert-OH is 2. The van der Waals surface area contributed by atoms with Crippen LogP contribution in [-0.2, 0) is 4.79 Å². The van der Waals surface area contributed by atoms with E-state index in [1.165, 1.54) is 199 Å². The topological polar surface area (TPSA) is 69.6 Å². The zero-order valence-electron chi connectivity index (χ0n) is 45.8. The van der Waals surface area contributed by atoms with Crippen LogP contribution in [0.4, 0.5) is 0 Å². The minimum atomic E-state index is -0.879. The molecule has 0 saturated carbocycles. The number of carbonyl (C=O) groups excluding carboxylic acids is 1. The standard InChI is InChI=1S/C65H115NO3/c1-3-5-7-9-11-13-15-17-19-21-23-25-27-29-31-32-33-35-36-38-40-42-44-46-48-50-52-54-56-58-60-64(68)63(62-67)66-65(69)61-59-57-55-53-51-49-47-45-43-41-39-37-34-30-28-26-24-22-20-18-16-14-12-10-8-6-4-2/h6,8,12,14,18,20,24,26,30,34,42,44,50,52,58,60,63-64,67-68H,3-5,7,9-11,13,15-17,19,21-23,25,27-29,31-33,35-41,43,45-49,51,53-57,59,61-62H2,1-2H3,(H,66,69)/b8-6-,14-12-,20-18-,26-24-,34-30-,44-42+,52-50+,60-58+. The molecule has 0 fully saturated rings. The van der Waals surface area contributed by atoms with Crippen molar-refractivity contribution in [3.63, 3.8) is 0 Å². The van der Waals surface area contributed by atoms with Gasteiger partial charge >= 0.3 is 0 Å². The van der Waals surface area contributed by atoms with Gasteiger partial charge in [0.05, 0.1) is 18.8 Å². The Morgan fingerprint density at radius 2 is 0.652 bits per heavy atom. The molecule has 0 aromatic rings. The first-order valence-corrected chi connectivity index (χ1v) is 30.0. The Labute approximate surface area is 430 Å². The third-order valence-corrected chi connectivity index (χ3v) is 13.3. The van der Waals surface area contributed by atoms with E-state index in [1.54, 1.807) is 6.08 Å². The molecule has 69 heavy (non-hydrogen) atoms. The predicted molar refractivity (Wildman–Crippen MR) is 308 cm³/mol. The molecule has 0 rings (SSSR count). The minimum absolute atomic E-state index is 0.0828. The summed E-state index contributed by atoms with van der Waals surface area (Å²) in [7, 11) is 0. The monoisotopic (exact) mass is 958 g/mol. The Hall–Kier alpha value is -2.69. The van der Waals surface area contributed by atoms with E-state index in [-0.39, 0.29) is 12.5 Å². The van der Waals surface area contributed by atoms with Crippen LogP contribution in [0.3, 0.4) is 0 Å². The van der Waals surface area contributed by atoms with Gasteiger partial charge in [-0.05, 0) is 89.9 Å². The second kappa shape index (κ2) is 59.6. The van der Waals surface area contributed by atoms with Gasteiger partial charge in [-0.15, -0.1) is 0 Å². The molecule has 0 aromatic carbocycles. The summed E-state index contributed by atoms with van der Waals surface area (Å²) in [5.41, 5.74) is 0. The maximum absolute atomic E-state index is 12.5. The molecular formula is C65H115NO3. The number of rotatable bonds is 54.